The molecule has 0 bridgehead atoms. The third kappa shape index (κ3) is 9.48. The fourth-order valence-electron chi connectivity index (χ4n) is 6.97. The first-order valence-electron chi connectivity index (χ1n) is 19.8. The number of hydrogen-bond acceptors (Lipinski definition) is 4. The molecule has 0 amide bonds. The first-order chi connectivity index (χ1) is 26.0. The Balaban J connectivity index is 0.000000223. The van der Waals surface area contributed by atoms with E-state index in [4.69, 9.17) is 12.1 Å². The van der Waals surface area contributed by atoms with Crippen LogP contribution in [0.3, 0.4) is 0 Å². The van der Waals surface area contributed by atoms with Crippen LogP contribution in [-0.4, -0.2) is 28.2 Å². The predicted octanol–water partition coefficient (Wildman–Crippen LogP) is 12.7. The van der Waals surface area contributed by atoms with Gasteiger partial charge in [0.1, 0.15) is 0 Å². The van der Waals surface area contributed by atoms with Crippen molar-refractivity contribution in [2.45, 2.75) is 90.9 Å². The third-order valence-electron chi connectivity index (χ3n) is 9.73. The Morgan fingerprint density at radius 1 is 0.796 bits per heavy atom. The molecule has 0 fully saturated rings. The summed E-state index contributed by atoms with van der Waals surface area (Å²) in [7, 11) is 0. The number of hydrogen-bond donors (Lipinski definition) is 0. The van der Waals surface area contributed by atoms with Crippen molar-refractivity contribution < 1.29 is 27.3 Å². The van der Waals surface area contributed by atoms with Crippen LogP contribution in [0.1, 0.15) is 78.4 Å². The van der Waals surface area contributed by atoms with Gasteiger partial charge in [-0.2, -0.15) is 0 Å². The molecule has 7 aromatic rings. The first kappa shape index (κ1) is 38.4. The van der Waals surface area contributed by atoms with Gasteiger partial charge in [-0.1, -0.05) is 49.1 Å². The first-order valence-corrected chi connectivity index (χ1v) is 26.1. The van der Waals surface area contributed by atoms with Crippen LogP contribution < -0.4 is 4.40 Å². The molecule has 7 rings (SSSR count). The Hall–Kier alpha value is -3.90. The number of furan rings is 1. The Morgan fingerprint density at radius 3 is 2.17 bits per heavy atom. The monoisotopic (exact) mass is 956 g/mol. The molecule has 6 heteroatoms. The SMILES string of the molecule is CCC(CC)c1ccnc(-c2[c-]cc3oc4nc(-c5c(C)cccc5C)ccc4c3c2)c1.[2H]C([2H])(c1cc(-c2[c-]cccc2)nc[c]1[Ge]([CH3])([CH3])[CH3])C(C)(C)C.[Ir]. The molecule has 4 nitrogen and oxygen atoms in total. The molecule has 0 atom stereocenters. The molecule has 0 unspecified atom stereocenters. The molecule has 281 valence electrons. The fraction of sp³-hybridized carbons (Fsp3) is 0.312. The van der Waals surface area contributed by atoms with Gasteiger partial charge in [0.25, 0.3) is 0 Å². The summed E-state index contributed by atoms with van der Waals surface area (Å²) in [6.07, 6.45) is 4.67. The molecule has 0 saturated heterocycles. The van der Waals surface area contributed by atoms with Gasteiger partial charge in [-0.25, -0.2) is 4.98 Å². The maximum absolute atomic E-state index is 8.76. The van der Waals surface area contributed by atoms with Crippen molar-refractivity contribution in [3.8, 4) is 33.8 Å². The molecule has 54 heavy (non-hydrogen) atoms. The second-order valence-electron chi connectivity index (χ2n) is 16.0. The predicted molar refractivity (Wildman–Crippen MR) is 226 cm³/mol. The summed E-state index contributed by atoms with van der Waals surface area (Å²) in [6, 6.07) is 35.1. The zero-order valence-electron chi connectivity index (χ0n) is 35.3. The number of pyridine rings is 3. The van der Waals surface area contributed by atoms with Gasteiger partial charge in [-0.3, -0.25) is 0 Å². The number of nitrogens with zero attached hydrogens (tertiary/aromatic N) is 3. The van der Waals surface area contributed by atoms with Gasteiger partial charge in [-0.05, 0) is 67.6 Å². The Bertz CT molecular complexity index is 2420. The van der Waals surface area contributed by atoms with Gasteiger partial charge < -0.3 is 9.40 Å². The summed E-state index contributed by atoms with van der Waals surface area (Å²) in [5, 5.41) is 2.06. The second-order valence-corrected chi connectivity index (χ2v) is 26.6. The summed E-state index contributed by atoms with van der Waals surface area (Å²) >= 11 is -2.24. The smallest absolute Gasteiger partial charge is 0 e. The average molecular weight is 955 g/mol. The fourth-order valence-corrected chi connectivity index (χ4v) is 9.90. The Morgan fingerprint density at radius 2 is 1.52 bits per heavy atom. The standard InChI is InChI=1S/C29H27N2O.C19H26GeN.Ir/c1-5-20(6-2)21-14-15-30-26(17-21)22-10-13-27-24(16-22)23-11-12-25(31-29(23)32-27)28-18(3)8-7-9-19(28)4;1-19(2,3)13-16-12-18(15-10-8-7-9-11-15)21-14-17(16)20(4,5)6;/h7-9,11-17,20H,5-6H2,1-4H3;7-10,12,14H,13H2,1-6H3;/q2*-1;/i;13D2;. The van der Waals surface area contributed by atoms with Crippen molar-refractivity contribution in [3.63, 3.8) is 0 Å². The summed E-state index contributed by atoms with van der Waals surface area (Å²) in [6.45, 7) is 14.6. The molecule has 0 N–H and O–H groups in total. The van der Waals surface area contributed by atoms with E-state index in [2.05, 4.69) is 116 Å². The third-order valence-corrected chi connectivity index (χ3v) is 14.0. The molecule has 0 aliphatic rings. The molecular formula is C48H53GeIrN3O-2. The van der Waals surface area contributed by atoms with Crippen molar-refractivity contribution in [3.05, 3.63) is 132 Å². The Labute approximate surface area is 341 Å². The number of aryl methyl sites for hydroxylation is 2. The molecular weight excluding hydrogens is 899 g/mol. The van der Waals surface area contributed by atoms with E-state index in [-0.39, 0.29) is 20.1 Å². The average Bonchev–Trinajstić information content (AvgIpc) is 3.52. The molecule has 0 spiro atoms. The van der Waals surface area contributed by atoms with Gasteiger partial charge in [0.2, 0.25) is 5.71 Å². The van der Waals surface area contributed by atoms with Crippen molar-refractivity contribution >= 4 is 39.7 Å². The normalized spacial score (nSPS) is 12.6. The number of benzene rings is 3. The van der Waals surface area contributed by atoms with Crippen molar-refractivity contribution in [1.29, 1.82) is 0 Å². The second kappa shape index (κ2) is 17.3. The van der Waals surface area contributed by atoms with E-state index in [1.54, 1.807) is 0 Å². The van der Waals surface area contributed by atoms with Crippen LogP contribution in [0.4, 0.5) is 0 Å². The molecule has 4 heterocycles. The summed E-state index contributed by atoms with van der Waals surface area (Å²) in [5.41, 5.74) is 11.3. The molecule has 0 saturated carbocycles. The maximum atomic E-state index is 8.76. The molecule has 1 radical (unpaired) electrons. The van der Waals surface area contributed by atoms with Crippen LogP contribution in [0, 0.1) is 31.4 Å². The molecule has 4 aromatic heterocycles. The van der Waals surface area contributed by atoms with Crippen LogP contribution in [0.5, 0.6) is 0 Å². The van der Waals surface area contributed by atoms with Crippen LogP contribution in [0.2, 0.25) is 17.3 Å². The van der Waals surface area contributed by atoms with Gasteiger partial charge in [0.05, 0.1) is 11.3 Å². The van der Waals surface area contributed by atoms with E-state index in [0.717, 1.165) is 67.4 Å². The van der Waals surface area contributed by atoms with E-state index in [1.165, 1.54) is 22.3 Å². The van der Waals surface area contributed by atoms with Crippen molar-refractivity contribution in [2.24, 2.45) is 5.41 Å². The zero-order valence-corrected chi connectivity index (χ0v) is 37.8. The van der Waals surface area contributed by atoms with E-state index in [0.29, 0.717) is 11.6 Å². The number of aromatic nitrogens is 3. The molecule has 0 aliphatic heterocycles. The minimum absolute atomic E-state index is 0. The number of fused-ring (bicyclic) bond motifs is 3. The minimum Gasteiger partial charge on any atom is 0 e. The van der Waals surface area contributed by atoms with Crippen LogP contribution in [0.15, 0.2) is 102 Å². The zero-order chi connectivity index (χ0) is 39.7. The van der Waals surface area contributed by atoms with Crippen LogP contribution in [0.25, 0.3) is 55.8 Å². The van der Waals surface area contributed by atoms with E-state index < -0.39 is 25.1 Å². The summed E-state index contributed by atoms with van der Waals surface area (Å²) in [5.74, 6) is 7.41. The van der Waals surface area contributed by atoms with E-state index in [9.17, 15) is 0 Å². The summed E-state index contributed by atoms with van der Waals surface area (Å²) < 4.78 is 24.8. The maximum Gasteiger partial charge on any atom is 0 e. The van der Waals surface area contributed by atoms with Gasteiger partial charge in [-0.15, -0.1) is 23.8 Å². The van der Waals surface area contributed by atoms with Gasteiger partial charge in [0.15, 0.2) is 0 Å². The topological polar surface area (TPSA) is 51.8 Å². The van der Waals surface area contributed by atoms with E-state index >= 15 is 0 Å². The van der Waals surface area contributed by atoms with Gasteiger partial charge >= 0.3 is 135 Å². The van der Waals surface area contributed by atoms with Crippen LogP contribution in [-0.2, 0) is 26.5 Å². The summed E-state index contributed by atoms with van der Waals surface area (Å²) in [4.78, 5) is 14.1. The minimum atomic E-state index is -2.24. The van der Waals surface area contributed by atoms with Gasteiger partial charge in [0, 0.05) is 37.3 Å². The largest absolute Gasteiger partial charge is 0 e. The number of rotatable bonds is 8. The Kier molecular flexibility index (Phi) is 12.3. The van der Waals surface area contributed by atoms with Crippen LogP contribution >= 0.6 is 0 Å². The molecule has 0 aliphatic carbocycles. The van der Waals surface area contributed by atoms with Crippen molar-refractivity contribution in [2.75, 3.05) is 0 Å². The quantitative estimate of drug-likeness (QED) is 0.112. The van der Waals surface area contributed by atoms with Crippen molar-refractivity contribution in [1.82, 2.24) is 15.0 Å². The molecule has 3 aromatic carbocycles. The van der Waals surface area contributed by atoms with E-state index in [1.807, 2.05) is 69.6 Å².